The molecule has 0 unspecified atom stereocenters. The predicted molar refractivity (Wildman–Crippen MR) is 89.6 cm³/mol. The number of hydrogen-bond donors (Lipinski definition) is 1. The highest BCUT2D eigenvalue weighted by molar-refractivity contribution is 6.31. The van der Waals surface area contributed by atoms with Crippen molar-refractivity contribution in [3.63, 3.8) is 0 Å². The van der Waals surface area contributed by atoms with E-state index in [1.807, 2.05) is 30.3 Å². The lowest BCUT2D eigenvalue weighted by Gasteiger charge is -2.09. The Balaban J connectivity index is 1.66. The maximum absolute atomic E-state index is 13.2. The minimum Gasteiger partial charge on any atom is -0.455 e. The number of halogens is 2. The maximum Gasteiger partial charge on any atom is 0.158 e. The van der Waals surface area contributed by atoms with Gasteiger partial charge in [0.15, 0.2) is 5.76 Å². The molecule has 4 heteroatoms. The van der Waals surface area contributed by atoms with Gasteiger partial charge in [-0.1, -0.05) is 41.9 Å². The monoisotopic (exact) mass is 330 g/mol. The summed E-state index contributed by atoms with van der Waals surface area (Å²) in [6, 6.07) is 19.1. The molecule has 3 aromatic rings. The summed E-state index contributed by atoms with van der Waals surface area (Å²) in [7, 11) is 0. The van der Waals surface area contributed by atoms with Gasteiger partial charge in [-0.15, -0.1) is 0 Å². The number of hydrogen-bond acceptors (Lipinski definition) is 1. The summed E-state index contributed by atoms with van der Waals surface area (Å²) in [6.07, 6.45) is 0. The number of furan rings is 1. The Labute approximate surface area is 139 Å². The summed E-state index contributed by atoms with van der Waals surface area (Å²) in [5.74, 6) is 1.15. The molecule has 0 radical (unpaired) electrons. The van der Waals surface area contributed by atoms with Crippen LogP contribution < -0.4 is 5.32 Å². The van der Waals surface area contributed by atoms with Crippen molar-refractivity contribution in [3.05, 3.63) is 82.8 Å². The topological polar surface area (TPSA) is 29.8 Å². The quantitative estimate of drug-likeness (QED) is 0.730. The molecule has 2 nitrogen and oxygen atoms in total. The molecule has 0 amide bonds. The van der Waals surface area contributed by atoms with Gasteiger partial charge in [-0.2, -0.15) is 0 Å². The Morgan fingerprint density at radius 1 is 1.09 bits per heavy atom. The molecule has 2 aromatic carbocycles. The largest absolute Gasteiger partial charge is 0.455 e. The highest BCUT2D eigenvalue weighted by Gasteiger charge is 2.11. The van der Waals surface area contributed by atoms with E-state index >= 15 is 0 Å². The second-order valence-electron chi connectivity index (χ2n) is 5.53. The first kappa shape index (κ1) is 15.8. The van der Waals surface area contributed by atoms with E-state index in [1.54, 1.807) is 12.1 Å². The van der Waals surface area contributed by atoms with Gasteiger partial charge in [0.05, 0.1) is 5.02 Å². The van der Waals surface area contributed by atoms with Crippen molar-refractivity contribution in [2.24, 2.45) is 0 Å². The standard InChI is InChI=1S/C19H17ClFNO/c1-13(14-5-3-2-4-6-14)22-12-16-8-10-19(23-16)15-7-9-18(21)17(20)11-15/h2-11,13,22H,12H2,1H3/p+1/t13-/m0/s1. The van der Waals surface area contributed by atoms with Crippen molar-refractivity contribution in [2.75, 3.05) is 0 Å². The molecule has 118 valence electrons. The van der Waals surface area contributed by atoms with Crippen molar-refractivity contribution in [3.8, 4) is 11.3 Å². The van der Waals surface area contributed by atoms with E-state index in [1.165, 1.54) is 11.6 Å². The zero-order chi connectivity index (χ0) is 16.2. The van der Waals surface area contributed by atoms with Crippen molar-refractivity contribution in [1.82, 2.24) is 0 Å². The highest BCUT2D eigenvalue weighted by atomic mass is 35.5. The van der Waals surface area contributed by atoms with E-state index in [0.29, 0.717) is 11.8 Å². The lowest BCUT2D eigenvalue weighted by Crippen LogP contribution is -2.82. The van der Waals surface area contributed by atoms with E-state index in [-0.39, 0.29) is 5.02 Å². The average molecular weight is 331 g/mol. The summed E-state index contributed by atoms with van der Waals surface area (Å²) in [5.41, 5.74) is 2.06. The third-order valence-corrected chi connectivity index (χ3v) is 4.15. The van der Waals surface area contributed by atoms with Crippen LogP contribution in [0.1, 0.15) is 24.3 Å². The van der Waals surface area contributed by atoms with Crippen LogP contribution in [0, 0.1) is 5.82 Å². The first-order valence-corrected chi connectivity index (χ1v) is 7.93. The molecule has 1 heterocycles. The zero-order valence-corrected chi connectivity index (χ0v) is 13.6. The molecule has 0 fully saturated rings. The fourth-order valence-corrected chi connectivity index (χ4v) is 2.66. The summed E-state index contributed by atoms with van der Waals surface area (Å²) < 4.78 is 19.1. The second kappa shape index (κ2) is 6.99. The summed E-state index contributed by atoms with van der Waals surface area (Å²) >= 11 is 5.82. The van der Waals surface area contributed by atoms with E-state index in [4.69, 9.17) is 16.0 Å². The molecule has 1 aromatic heterocycles. The number of rotatable bonds is 5. The number of nitrogens with two attached hydrogens (primary N) is 1. The van der Waals surface area contributed by atoms with E-state index in [9.17, 15) is 4.39 Å². The second-order valence-corrected chi connectivity index (χ2v) is 5.94. The molecule has 0 bridgehead atoms. The Morgan fingerprint density at radius 3 is 2.61 bits per heavy atom. The molecule has 23 heavy (non-hydrogen) atoms. The fourth-order valence-electron chi connectivity index (χ4n) is 2.48. The van der Waals surface area contributed by atoms with Crippen LogP contribution in [0.15, 0.2) is 65.1 Å². The van der Waals surface area contributed by atoms with Crippen LogP contribution in [0.4, 0.5) is 4.39 Å². The third-order valence-electron chi connectivity index (χ3n) is 3.86. The summed E-state index contributed by atoms with van der Waals surface area (Å²) in [4.78, 5) is 0. The molecule has 0 aliphatic heterocycles. The molecule has 1 atom stereocenters. The van der Waals surface area contributed by atoms with E-state index in [2.05, 4.69) is 24.4 Å². The molecule has 0 saturated heterocycles. The first-order valence-electron chi connectivity index (χ1n) is 7.56. The van der Waals surface area contributed by atoms with Crippen molar-refractivity contribution in [2.45, 2.75) is 19.5 Å². The number of quaternary nitrogens is 1. The van der Waals surface area contributed by atoms with Gasteiger partial charge in [-0.25, -0.2) is 4.39 Å². The van der Waals surface area contributed by atoms with Crippen LogP contribution in [-0.4, -0.2) is 0 Å². The van der Waals surface area contributed by atoms with Gasteiger partial charge in [0, 0.05) is 11.1 Å². The van der Waals surface area contributed by atoms with Gasteiger partial charge >= 0.3 is 0 Å². The van der Waals surface area contributed by atoms with Crippen LogP contribution in [0.2, 0.25) is 5.02 Å². The average Bonchev–Trinajstić information content (AvgIpc) is 3.05. The van der Waals surface area contributed by atoms with E-state index in [0.717, 1.165) is 17.9 Å². The van der Waals surface area contributed by atoms with Gasteiger partial charge in [0.1, 0.15) is 24.2 Å². The van der Waals surface area contributed by atoms with Gasteiger partial charge in [-0.05, 0) is 37.3 Å². The molecule has 0 saturated carbocycles. The Hall–Kier alpha value is -2.10. The Bertz CT molecular complexity index is 785. The number of benzene rings is 2. The molecule has 3 rings (SSSR count). The zero-order valence-electron chi connectivity index (χ0n) is 12.8. The first-order chi connectivity index (χ1) is 11.1. The van der Waals surface area contributed by atoms with Crippen LogP contribution in [0.5, 0.6) is 0 Å². The van der Waals surface area contributed by atoms with Crippen molar-refractivity contribution in [1.29, 1.82) is 0 Å². The molecular weight excluding hydrogens is 313 g/mol. The lowest BCUT2D eigenvalue weighted by molar-refractivity contribution is -0.709. The Morgan fingerprint density at radius 2 is 1.87 bits per heavy atom. The Kier molecular flexibility index (Phi) is 4.79. The predicted octanol–water partition coefficient (Wildman–Crippen LogP) is 4.56. The van der Waals surface area contributed by atoms with Crippen LogP contribution in [-0.2, 0) is 6.54 Å². The van der Waals surface area contributed by atoms with Crippen LogP contribution >= 0.6 is 11.6 Å². The molecule has 0 aliphatic carbocycles. The fraction of sp³-hybridized carbons (Fsp3) is 0.158. The van der Waals surface area contributed by atoms with Crippen molar-refractivity contribution >= 4 is 11.6 Å². The third kappa shape index (κ3) is 3.81. The van der Waals surface area contributed by atoms with E-state index < -0.39 is 5.82 Å². The summed E-state index contributed by atoms with van der Waals surface area (Å²) in [5, 5.41) is 2.32. The van der Waals surface area contributed by atoms with Gasteiger partial charge in [0.2, 0.25) is 0 Å². The van der Waals surface area contributed by atoms with Crippen LogP contribution in [0.25, 0.3) is 11.3 Å². The minimum absolute atomic E-state index is 0.102. The van der Waals surface area contributed by atoms with Crippen LogP contribution in [0.3, 0.4) is 0 Å². The normalized spacial score (nSPS) is 12.3. The summed E-state index contributed by atoms with van der Waals surface area (Å²) in [6.45, 7) is 2.91. The van der Waals surface area contributed by atoms with Gasteiger partial charge in [0.25, 0.3) is 0 Å². The lowest BCUT2D eigenvalue weighted by atomic mass is 10.1. The molecule has 0 spiro atoms. The van der Waals surface area contributed by atoms with Gasteiger partial charge < -0.3 is 9.73 Å². The SMILES string of the molecule is C[C@H]([NH2+]Cc1ccc(-c2ccc(F)c(Cl)c2)o1)c1ccccc1. The molecule has 2 N–H and O–H groups in total. The van der Waals surface area contributed by atoms with Crippen molar-refractivity contribution < 1.29 is 14.1 Å². The smallest absolute Gasteiger partial charge is 0.158 e. The van der Waals surface area contributed by atoms with Gasteiger partial charge in [-0.3, -0.25) is 0 Å². The molecule has 0 aliphatic rings. The minimum atomic E-state index is -0.424. The maximum atomic E-state index is 13.2. The highest BCUT2D eigenvalue weighted by Crippen LogP contribution is 2.26. The molecular formula is C19H18ClFNO+.